The van der Waals surface area contributed by atoms with Crippen LogP contribution in [0.5, 0.6) is 0 Å². The second-order valence-electron chi connectivity index (χ2n) is 6.75. The highest BCUT2D eigenvalue weighted by molar-refractivity contribution is 5.22. The summed E-state index contributed by atoms with van der Waals surface area (Å²) in [4.78, 5) is 0. The van der Waals surface area contributed by atoms with Gasteiger partial charge in [-0.1, -0.05) is 50.1 Å². The van der Waals surface area contributed by atoms with Gasteiger partial charge in [0.25, 0.3) is 0 Å². The van der Waals surface area contributed by atoms with Crippen LogP contribution in [0.2, 0.25) is 0 Å². The topological polar surface area (TPSA) is 20.2 Å². The predicted molar refractivity (Wildman–Crippen MR) is 84.5 cm³/mol. The van der Waals surface area contributed by atoms with E-state index in [4.69, 9.17) is 0 Å². The summed E-state index contributed by atoms with van der Waals surface area (Å²) in [6, 6.07) is 10.2. The first kappa shape index (κ1) is 15.5. The molecule has 0 unspecified atom stereocenters. The molecule has 0 bridgehead atoms. The maximum absolute atomic E-state index is 10.9. The molecule has 0 radical (unpaired) electrons. The van der Waals surface area contributed by atoms with Gasteiger partial charge in [-0.3, -0.25) is 0 Å². The Bertz CT molecular complexity index is 393. The molecular weight excluding hydrogens is 246 g/mol. The highest BCUT2D eigenvalue weighted by Crippen LogP contribution is 2.34. The quantitative estimate of drug-likeness (QED) is 0.620. The lowest BCUT2D eigenvalue weighted by Crippen LogP contribution is -2.54. The van der Waals surface area contributed by atoms with Gasteiger partial charge < -0.3 is 9.59 Å². The van der Waals surface area contributed by atoms with E-state index >= 15 is 0 Å². The molecule has 2 nitrogen and oxygen atoms in total. The fourth-order valence-corrected chi connectivity index (χ4v) is 3.33. The first-order chi connectivity index (χ1) is 9.58. The minimum Gasteiger partial charge on any atom is -0.385 e. The predicted octanol–water partition coefficient (Wildman–Crippen LogP) is 3.69. The molecule has 1 fully saturated rings. The molecule has 0 atom stereocenters. The maximum Gasteiger partial charge on any atom is 0.100 e. The van der Waals surface area contributed by atoms with Gasteiger partial charge in [0, 0.05) is 12.8 Å². The number of quaternary nitrogens is 1. The van der Waals surface area contributed by atoms with Gasteiger partial charge in [-0.2, -0.15) is 0 Å². The van der Waals surface area contributed by atoms with Crippen LogP contribution in [0, 0.1) is 0 Å². The SMILES string of the molecule is CCCCCC[N+]1(C)CCC(O)(c2ccccc2)CC1. The van der Waals surface area contributed by atoms with Crippen molar-refractivity contribution in [2.45, 2.75) is 51.0 Å². The minimum atomic E-state index is -0.595. The summed E-state index contributed by atoms with van der Waals surface area (Å²) in [5, 5.41) is 10.9. The third-order valence-electron chi connectivity index (χ3n) is 4.99. The Morgan fingerprint density at radius 3 is 2.30 bits per heavy atom. The second-order valence-corrected chi connectivity index (χ2v) is 6.75. The summed E-state index contributed by atoms with van der Waals surface area (Å²) in [5.74, 6) is 0. The number of hydrogen-bond donors (Lipinski definition) is 1. The molecule has 0 amide bonds. The Hall–Kier alpha value is -0.860. The Balaban J connectivity index is 1.88. The molecule has 0 aliphatic carbocycles. The molecule has 2 heteroatoms. The van der Waals surface area contributed by atoms with E-state index in [2.05, 4.69) is 26.1 Å². The smallest absolute Gasteiger partial charge is 0.100 e. The number of rotatable bonds is 6. The number of unbranched alkanes of at least 4 members (excludes halogenated alkanes) is 3. The van der Waals surface area contributed by atoms with Gasteiger partial charge in [-0.15, -0.1) is 0 Å². The third-order valence-corrected chi connectivity index (χ3v) is 4.99. The Morgan fingerprint density at radius 2 is 1.70 bits per heavy atom. The monoisotopic (exact) mass is 276 g/mol. The molecule has 1 aliphatic rings. The molecule has 1 aliphatic heterocycles. The van der Waals surface area contributed by atoms with E-state index in [0.717, 1.165) is 36.0 Å². The van der Waals surface area contributed by atoms with Gasteiger partial charge in [-0.25, -0.2) is 0 Å². The minimum absolute atomic E-state index is 0.595. The van der Waals surface area contributed by atoms with Crippen molar-refractivity contribution in [2.24, 2.45) is 0 Å². The summed E-state index contributed by atoms with van der Waals surface area (Å²) in [6.45, 7) is 5.72. The third kappa shape index (κ3) is 3.83. The molecule has 1 heterocycles. The van der Waals surface area contributed by atoms with E-state index in [0.29, 0.717) is 0 Å². The van der Waals surface area contributed by atoms with Crippen LogP contribution in [-0.4, -0.2) is 36.3 Å². The van der Waals surface area contributed by atoms with Crippen LogP contribution in [-0.2, 0) is 5.60 Å². The molecule has 1 N–H and O–H groups in total. The van der Waals surface area contributed by atoms with Crippen molar-refractivity contribution in [3.8, 4) is 0 Å². The fourth-order valence-electron chi connectivity index (χ4n) is 3.33. The van der Waals surface area contributed by atoms with Crippen LogP contribution in [0.1, 0.15) is 51.0 Å². The summed E-state index contributed by atoms with van der Waals surface area (Å²) in [5.41, 5.74) is 0.500. The van der Waals surface area contributed by atoms with Gasteiger partial charge in [0.1, 0.15) is 5.60 Å². The summed E-state index contributed by atoms with van der Waals surface area (Å²) in [6.07, 6.45) is 7.12. The van der Waals surface area contributed by atoms with Gasteiger partial charge in [0.2, 0.25) is 0 Å². The molecular formula is C18H30NO+. The zero-order valence-corrected chi connectivity index (χ0v) is 13.1. The van der Waals surface area contributed by atoms with Crippen molar-refractivity contribution >= 4 is 0 Å². The van der Waals surface area contributed by atoms with Crippen LogP contribution < -0.4 is 0 Å². The van der Waals surface area contributed by atoms with Gasteiger partial charge >= 0.3 is 0 Å². The van der Waals surface area contributed by atoms with E-state index in [-0.39, 0.29) is 0 Å². The number of piperidine rings is 1. The summed E-state index contributed by atoms with van der Waals surface area (Å²) in [7, 11) is 2.36. The van der Waals surface area contributed by atoms with Gasteiger partial charge in [0.15, 0.2) is 0 Å². The number of hydrogen-bond acceptors (Lipinski definition) is 1. The van der Waals surface area contributed by atoms with Gasteiger partial charge in [-0.05, 0) is 18.4 Å². The van der Waals surface area contributed by atoms with Crippen molar-refractivity contribution in [1.82, 2.24) is 0 Å². The standard InChI is InChI=1S/C18H30NO/c1-3-4-5-9-14-19(2)15-12-18(20,13-16-19)17-10-7-6-8-11-17/h6-8,10-11,20H,3-5,9,12-16H2,1-2H3/q+1. The van der Waals surface area contributed by atoms with Crippen LogP contribution in [0.3, 0.4) is 0 Å². The van der Waals surface area contributed by atoms with Crippen LogP contribution in [0.25, 0.3) is 0 Å². The first-order valence-corrected chi connectivity index (χ1v) is 8.19. The van der Waals surface area contributed by atoms with Crippen molar-refractivity contribution < 1.29 is 9.59 Å². The summed E-state index contributed by atoms with van der Waals surface area (Å²) < 4.78 is 1.14. The lowest BCUT2D eigenvalue weighted by Gasteiger charge is -2.44. The maximum atomic E-state index is 10.9. The number of likely N-dealkylation sites (tertiary alicyclic amines) is 1. The largest absolute Gasteiger partial charge is 0.385 e. The van der Waals surface area contributed by atoms with Gasteiger partial charge in [0.05, 0.1) is 26.7 Å². The number of benzene rings is 1. The van der Waals surface area contributed by atoms with Crippen LogP contribution in [0.4, 0.5) is 0 Å². The molecule has 2 rings (SSSR count). The van der Waals surface area contributed by atoms with Crippen molar-refractivity contribution in [3.63, 3.8) is 0 Å². The normalized spacial score (nSPS) is 30.4. The van der Waals surface area contributed by atoms with Crippen molar-refractivity contribution in [3.05, 3.63) is 35.9 Å². The Kier molecular flexibility index (Phi) is 5.22. The molecule has 1 aromatic rings. The van der Waals surface area contributed by atoms with Crippen LogP contribution >= 0.6 is 0 Å². The molecule has 0 spiro atoms. The zero-order valence-electron chi connectivity index (χ0n) is 13.1. The average Bonchev–Trinajstić information content (AvgIpc) is 2.48. The van der Waals surface area contributed by atoms with E-state index in [1.807, 2.05) is 18.2 Å². The second kappa shape index (κ2) is 6.73. The van der Waals surface area contributed by atoms with E-state index in [1.54, 1.807) is 0 Å². The highest BCUT2D eigenvalue weighted by Gasteiger charge is 2.39. The summed E-state index contributed by atoms with van der Waals surface area (Å²) >= 11 is 0. The van der Waals surface area contributed by atoms with E-state index in [1.165, 1.54) is 32.2 Å². The van der Waals surface area contributed by atoms with Crippen molar-refractivity contribution in [1.29, 1.82) is 0 Å². The van der Waals surface area contributed by atoms with E-state index < -0.39 is 5.60 Å². The molecule has 20 heavy (non-hydrogen) atoms. The fraction of sp³-hybridized carbons (Fsp3) is 0.667. The number of aliphatic hydroxyl groups is 1. The molecule has 112 valence electrons. The van der Waals surface area contributed by atoms with Crippen LogP contribution in [0.15, 0.2) is 30.3 Å². The molecule has 0 aromatic heterocycles. The average molecular weight is 276 g/mol. The highest BCUT2D eigenvalue weighted by atomic mass is 16.3. The van der Waals surface area contributed by atoms with Crippen molar-refractivity contribution in [2.75, 3.05) is 26.7 Å². The molecule has 1 aromatic carbocycles. The Morgan fingerprint density at radius 1 is 1.05 bits per heavy atom. The lowest BCUT2D eigenvalue weighted by atomic mass is 9.83. The number of nitrogens with zero attached hydrogens (tertiary/aromatic N) is 1. The van der Waals surface area contributed by atoms with E-state index in [9.17, 15) is 5.11 Å². The lowest BCUT2D eigenvalue weighted by molar-refractivity contribution is -0.917. The first-order valence-electron chi connectivity index (χ1n) is 8.19. The Labute approximate surface area is 124 Å². The zero-order chi connectivity index (χ0) is 14.5. The molecule has 1 saturated heterocycles. The molecule has 0 saturated carbocycles.